The Kier molecular flexibility index (Phi) is 4.43. The lowest BCUT2D eigenvalue weighted by molar-refractivity contribution is 1.14. The highest BCUT2D eigenvalue weighted by atomic mass is 35.5. The fourth-order valence-electron chi connectivity index (χ4n) is 2.59. The van der Waals surface area contributed by atoms with Crippen LogP contribution in [-0.4, -0.2) is 9.97 Å². The van der Waals surface area contributed by atoms with Crippen LogP contribution >= 0.6 is 34.3 Å². The Morgan fingerprint density at radius 3 is 2.92 bits per heavy atom. The lowest BCUT2D eigenvalue weighted by Crippen LogP contribution is -2.10. The average molecular weight is 396 g/mol. The van der Waals surface area contributed by atoms with Gasteiger partial charge in [0, 0.05) is 15.8 Å². The van der Waals surface area contributed by atoms with Crippen molar-refractivity contribution in [3.63, 3.8) is 0 Å². The Bertz CT molecular complexity index is 1230. The molecule has 4 nitrogen and oxygen atoms in total. The number of nitriles is 1. The third-order valence-electron chi connectivity index (χ3n) is 3.77. The van der Waals surface area contributed by atoms with Crippen LogP contribution < -0.4 is 5.56 Å². The standard InChI is InChI=1S/C19H10ClN3OS2/c20-14(8-11-3-1-4-12(7-11)9-21)17-22-18(24)16-13(10-26-19(16)23-17)15-5-2-6-25-15/h1-8,10H,(H,22,23,24)/b14-8-. The largest absolute Gasteiger partial charge is 0.305 e. The van der Waals surface area contributed by atoms with Crippen LogP contribution in [0.5, 0.6) is 0 Å². The summed E-state index contributed by atoms with van der Waals surface area (Å²) in [6.07, 6.45) is 1.68. The summed E-state index contributed by atoms with van der Waals surface area (Å²) in [6.45, 7) is 0. The van der Waals surface area contributed by atoms with E-state index in [-0.39, 0.29) is 5.56 Å². The number of H-pyrrole nitrogens is 1. The maximum absolute atomic E-state index is 12.6. The molecule has 1 aromatic carbocycles. The third-order valence-corrected chi connectivity index (χ3v) is 5.83. The number of benzene rings is 1. The Morgan fingerprint density at radius 1 is 1.27 bits per heavy atom. The molecule has 0 atom stereocenters. The summed E-state index contributed by atoms with van der Waals surface area (Å²) in [7, 11) is 0. The molecule has 0 bridgehead atoms. The summed E-state index contributed by atoms with van der Waals surface area (Å²) in [5, 5.41) is 13.8. The number of aromatic amines is 1. The first kappa shape index (κ1) is 16.7. The monoisotopic (exact) mass is 395 g/mol. The molecule has 3 aromatic heterocycles. The van der Waals surface area contributed by atoms with E-state index in [2.05, 4.69) is 16.0 Å². The van der Waals surface area contributed by atoms with E-state index in [0.717, 1.165) is 16.0 Å². The first-order valence-electron chi connectivity index (χ1n) is 7.59. The van der Waals surface area contributed by atoms with Crippen molar-refractivity contribution >= 4 is 55.6 Å². The summed E-state index contributed by atoms with van der Waals surface area (Å²) in [5.74, 6) is 0.311. The predicted octanol–water partition coefficient (Wildman–Crippen LogP) is 5.32. The van der Waals surface area contributed by atoms with Gasteiger partial charge >= 0.3 is 0 Å². The number of halogens is 1. The first-order valence-corrected chi connectivity index (χ1v) is 9.72. The normalized spacial score (nSPS) is 11.6. The number of aromatic nitrogens is 2. The maximum Gasteiger partial charge on any atom is 0.260 e. The molecule has 0 radical (unpaired) electrons. The van der Waals surface area contributed by atoms with Gasteiger partial charge in [0.1, 0.15) is 4.83 Å². The zero-order valence-corrected chi connectivity index (χ0v) is 15.6. The topological polar surface area (TPSA) is 69.5 Å². The Hall–Kier alpha value is -2.72. The van der Waals surface area contributed by atoms with E-state index in [9.17, 15) is 4.79 Å². The van der Waals surface area contributed by atoms with Gasteiger partial charge < -0.3 is 4.98 Å². The molecule has 3 heterocycles. The highest BCUT2D eigenvalue weighted by Crippen LogP contribution is 2.34. The molecular weight excluding hydrogens is 386 g/mol. The molecule has 7 heteroatoms. The second-order valence-corrected chi connectivity index (χ2v) is 7.66. The molecule has 0 fully saturated rings. The van der Waals surface area contributed by atoms with E-state index in [1.54, 1.807) is 35.6 Å². The highest BCUT2D eigenvalue weighted by molar-refractivity contribution is 7.18. The second-order valence-electron chi connectivity index (χ2n) is 5.45. The number of thiophene rings is 2. The predicted molar refractivity (Wildman–Crippen MR) is 108 cm³/mol. The van der Waals surface area contributed by atoms with E-state index in [4.69, 9.17) is 16.9 Å². The van der Waals surface area contributed by atoms with Gasteiger partial charge in [-0.2, -0.15) is 5.26 Å². The lowest BCUT2D eigenvalue weighted by Gasteiger charge is -2.01. The van der Waals surface area contributed by atoms with Crippen LogP contribution in [0, 0.1) is 11.3 Å². The van der Waals surface area contributed by atoms with Crippen molar-refractivity contribution in [3.8, 4) is 16.5 Å². The van der Waals surface area contributed by atoms with Crippen molar-refractivity contribution < 1.29 is 0 Å². The van der Waals surface area contributed by atoms with Crippen LogP contribution in [0.4, 0.5) is 0 Å². The number of nitrogens with one attached hydrogen (secondary N) is 1. The molecule has 4 rings (SSSR count). The molecule has 0 saturated heterocycles. The van der Waals surface area contributed by atoms with Crippen LogP contribution in [0.15, 0.2) is 52.0 Å². The zero-order valence-electron chi connectivity index (χ0n) is 13.2. The Balaban J connectivity index is 1.79. The lowest BCUT2D eigenvalue weighted by atomic mass is 10.1. The summed E-state index contributed by atoms with van der Waals surface area (Å²) < 4.78 is 0. The summed E-state index contributed by atoms with van der Waals surface area (Å²) in [5.41, 5.74) is 1.98. The van der Waals surface area contributed by atoms with Gasteiger partial charge in [0.25, 0.3) is 5.56 Å². The summed E-state index contributed by atoms with van der Waals surface area (Å²) in [4.78, 5) is 21.6. The maximum atomic E-state index is 12.6. The second kappa shape index (κ2) is 6.89. The van der Waals surface area contributed by atoms with Gasteiger partial charge in [0.05, 0.1) is 22.1 Å². The highest BCUT2D eigenvalue weighted by Gasteiger charge is 2.14. The molecule has 0 aliphatic rings. The number of rotatable bonds is 3. The van der Waals surface area contributed by atoms with Gasteiger partial charge in [-0.15, -0.1) is 22.7 Å². The van der Waals surface area contributed by atoms with Crippen LogP contribution in [0.3, 0.4) is 0 Å². The Labute approximate surface area is 161 Å². The number of nitrogens with zero attached hydrogens (tertiary/aromatic N) is 2. The molecule has 0 amide bonds. The van der Waals surface area contributed by atoms with Gasteiger partial charge in [0.15, 0.2) is 5.82 Å². The van der Waals surface area contributed by atoms with Crippen molar-refractivity contribution in [2.24, 2.45) is 0 Å². The van der Waals surface area contributed by atoms with Gasteiger partial charge in [0.2, 0.25) is 0 Å². The number of hydrogen-bond donors (Lipinski definition) is 1. The van der Waals surface area contributed by atoms with Crippen molar-refractivity contribution in [2.75, 3.05) is 0 Å². The molecule has 0 saturated carbocycles. The van der Waals surface area contributed by atoms with E-state index in [1.165, 1.54) is 11.3 Å². The van der Waals surface area contributed by atoms with Crippen molar-refractivity contribution in [1.82, 2.24) is 9.97 Å². The van der Waals surface area contributed by atoms with E-state index in [0.29, 0.717) is 26.6 Å². The molecule has 0 unspecified atom stereocenters. The quantitative estimate of drug-likeness (QED) is 0.510. The summed E-state index contributed by atoms with van der Waals surface area (Å²) in [6, 6.07) is 13.1. The SMILES string of the molecule is N#Cc1cccc(/C=C(\Cl)c2nc3scc(-c4cccs4)c3c(=O)[nH]2)c1. The molecular formula is C19H10ClN3OS2. The molecule has 0 aliphatic carbocycles. The molecule has 126 valence electrons. The van der Waals surface area contributed by atoms with Crippen molar-refractivity contribution in [2.45, 2.75) is 0 Å². The van der Waals surface area contributed by atoms with Crippen LogP contribution in [-0.2, 0) is 0 Å². The first-order chi connectivity index (χ1) is 12.7. The van der Waals surface area contributed by atoms with E-state index in [1.807, 2.05) is 29.0 Å². The van der Waals surface area contributed by atoms with Crippen LogP contribution in [0.2, 0.25) is 0 Å². The fourth-order valence-corrected chi connectivity index (χ4v) is 4.57. The smallest absolute Gasteiger partial charge is 0.260 e. The molecule has 4 aromatic rings. The van der Waals surface area contributed by atoms with Crippen LogP contribution in [0.1, 0.15) is 17.0 Å². The average Bonchev–Trinajstić information content (AvgIpc) is 3.31. The molecule has 0 aliphatic heterocycles. The molecule has 26 heavy (non-hydrogen) atoms. The van der Waals surface area contributed by atoms with Gasteiger partial charge in [-0.1, -0.05) is 29.8 Å². The molecule has 0 spiro atoms. The van der Waals surface area contributed by atoms with Crippen LogP contribution in [0.25, 0.3) is 31.8 Å². The molecule has 1 N–H and O–H groups in total. The minimum absolute atomic E-state index is 0.216. The zero-order chi connectivity index (χ0) is 18.1. The number of hydrogen-bond acceptors (Lipinski definition) is 5. The fraction of sp³-hybridized carbons (Fsp3) is 0. The summed E-state index contributed by atoms with van der Waals surface area (Å²) >= 11 is 9.37. The van der Waals surface area contributed by atoms with Gasteiger partial charge in [-0.25, -0.2) is 4.98 Å². The van der Waals surface area contributed by atoms with E-state index < -0.39 is 0 Å². The van der Waals surface area contributed by atoms with Gasteiger partial charge in [-0.05, 0) is 35.2 Å². The number of fused-ring (bicyclic) bond motifs is 1. The third kappa shape index (κ3) is 3.08. The Morgan fingerprint density at radius 2 is 2.15 bits per heavy atom. The van der Waals surface area contributed by atoms with Crippen molar-refractivity contribution in [3.05, 3.63) is 74.5 Å². The van der Waals surface area contributed by atoms with E-state index >= 15 is 0 Å². The van der Waals surface area contributed by atoms with Crippen molar-refractivity contribution in [1.29, 1.82) is 5.26 Å². The van der Waals surface area contributed by atoms with Gasteiger partial charge in [-0.3, -0.25) is 4.79 Å². The minimum Gasteiger partial charge on any atom is -0.305 e. The minimum atomic E-state index is -0.216.